The summed E-state index contributed by atoms with van der Waals surface area (Å²) in [4.78, 5) is 11.1. The van der Waals surface area contributed by atoms with E-state index in [2.05, 4.69) is 15.2 Å². The number of aromatic nitrogens is 2. The van der Waals surface area contributed by atoms with Crippen molar-refractivity contribution in [3.63, 3.8) is 0 Å². The number of rotatable bonds is 3. The number of aryl methyl sites for hydroxylation is 1. The Labute approximate surface area is 107 Å². The Hall–Kier alpha value is -1.73. The molecule has 0 atom stereocenters. The number of alkyl halides is 3. The minimum atomic E-state index is -4.51. The third-order valence-electron chi connectivity index (χ3n) is 2.86. The maximum atomic E-state index is 11.8. The van der Waals surface area contributed by atoms with Crippen LogP contribution in [0.15, 0.2) is 6.20 Å². The van der Waals surface area contributed by atoms with E-state index in [4.69, 9.17) is 0 Å². The van der Waals surface area contributed by atoms with Crippen LogP contribution in [-0.2, 0) is 24.2 Å². The summed E-state index contributed by atoms with van der Waals surface area (Å²) in [6, 6.07) is 0. The quantitative estimate of drug-likeness (QED) is 0.919. The van der Waals surface area contributed by atoms with Crippen LogP contribution < -0.4 is 5.32 Å². The number of amides is 1. The Morgan fingerprint density at radius 2 is 2.26 bits per heavy atom. The molecule has 0 fully saturated rings. The van der Waals surface area contributed by atoms with Crippen LogP contribution in [0.5, 0.6) is 0 Å². The van der Waals surface area contributed by atoms with Gasteiger partial charge in [0, 0.05) is 24.3 Å². The molecule has 1 amide bonds. The molecular formula is C11H14F3N3O2. The van der Waals surface area contributed by atoms with Crippen molar-refractivity contribution < 1.29 is 22.7 Å². The first-order valence-corrected chi connectivity index (χ1v) is 5.96. The van der Waals surface area contributed by atoms with Gasteiger partial charge in [0.2, 0.25) is 0 Å². The van der Waals surface area contributed by atoms with Gasteiger partial charge in [0.05, 0.1) is 6.20 Å². The molecule has 0 aliphatic carbocycles. The van der Waals surface area contributed by atoms with E-state index in [9.17, 15) is 18.0 Å². The van der Waals surface area contributed by atoms with Crippen molar-refractivity contribution in [3.05, 3.63) is 17.5 Å². The number of halogens is 3. The van der Waals surface area contributed by atoms with Gasteiger partial charge in [0.25, 0.3) is 0 Å². The van der Waals surface area contributed by atoms with Gasteiger partial charge in [-0.25, -0.2) is 4.79 Å². The first kappa shape index (κ1) is 13.7. The van der Waals surface area contributed by atoms with Crippen LogP contribution in [0.25, 0.3) is 0 Å². The van der Waals surface area contributed by atoms with Crippen molar-refractivity contribution in [2.75, 3.05) is 6.61 Å². The third kappa shape index (κ3) is 3.87. The van der Waals surface area contributed by atoms with Gasteiger partial charge in [-0.15, -0.1) is 0 Å². The number of hydrogen-bond acceptors (Lipinski definition) is 3. The van der Waals surface area contributed by atoms with E-state index in [1.54, 1.807) is 6.20 Å². The Kier molecular flexibility index (Phi) is 3.96. The summed E-state index contributed by atoms with van der Waals surface area (Å²) in [5.74, 6) is 0. The minimum absolute atomic E-state index is 0.131. The fraction of sp³-hybridized carbons (Fsp3) is 0.636. The molecule has 0 unspecified atom stereocenters. The summed E-state index contributed by atoms with van der Waals surface area (Å²) in [6.45, 7) is -0.606. The maximum Gasteiger partial charge on any atom is 0.422 e. The van der Waals surface area contributed by atoms with Crippen LogP contribution in [-0.4, -0.2) is 28.7 Å². The van der Waals surface area contributed by atoms with Crippen LogP contribution in [0.1, 0.15) is 24.1 Å². The highest BCUT2D eigenvalue weighted by Crippen LogP contribution is 2.18. The zero-order chi connectivity index (χ0) is 13.9. The Balaban J connectivity index is 1.82. The number of nitrogens with zero attached hydrogens (tertiary/aromatic N) is 2. The van der Waals surface area contributed by atoms with Crippen molar-refractivity contribution >= 4 is 6.09 Å². The molecule has 1 aromatic heterocycles. The average molecular weight is 277 g/mol. The number of alkyl carbamates (subject to hydrolysis) is 1. The number of hydrogen-bond donors (Lipinski definition) is 1. The SMILES string of the molecule is O=C(NCc1cnn2c1CCCC2)OCC(F)(F)F. The lowest BCUT2D eigenvalue weighted by atomic mass is 10.1. The molecule has 1 N–H and O–H groups in total. The first-order valence-electron chi connectivity index (χ1n) is 5.96. The first-order chi connectivity index (χ1) is 8.96. The second-order valence-corrected chi connectivity index (χ2v) is 4.34. The van der Waals surface area contributed by atoms with Crippen LogP contribution >= 0.6 is 0 Å². The third-order valence-corrected chi connectivity index (χ3v) is 2.86. The predicted octanol–water partition coefficient (Wildman–Crippen LogP) is 2.01. The lowest BCUT2D eigenvalue weighted by Gasteiger charge is -2.15. The van der Waals surface area contributed by atoms with E-state index in [1.807, 2.05) is 4.68 Å². The summed E-state index contributed by atoms with van der Waals surface area (Å²) in [5.41, 5.74) is 1.85. The lowest BCUT2D eigenvalue weighted by Crippen LogP contribution is -2.29. The van der Waals surface area contributed by atoms with E-state index in [0.29, 0.717) is 0 Å². The summed E-state index contributed by atoms with van der Waals surface area (Å²) in [7, 11) is 0. The van der Waals surface area contributed by atoms with E-state index in [-0.39, 0.29) is 6.54 Å². The van der Waals surface area contributed by atoms with Crippen LogP contribution in [0.2, 0.25) is 0 Å². The molecule has 5 nitrogen and oxygen atoms in total. The second-order valence-electron chi connectivity index (χ2n) is 4.34. The molecule has 0 saturated carbocycles. The van der Waals surface area contributed by atoms with E-state index < -0.39 is 18.9 Å². The van der Waals surface area contributed by atoms with Crippen LogP contribution in [0.3, 0.4) is 0 Å². The lowest BCUT2D eigenvalue weighted by molar-refractivity contribution is -0.160. The van der Waals surface area contributed by atoms with Crippen LogP contribution in [0.4, 0.5) is 18.0 Å². The van der Waals surface area contributed by atoms with Gasteiger partial charge in [-0.2, -0.15) is 18.3 Å². The van der Waals surface area contributed by atoms with Crippen molar-refractivity contribution in [2.45, 2.75) is 38.5 Å². The Morgan fingerprint density at radius 1 is 1.47 bits per heavy atom. The normalized spacial score (nSPS) is 14.9. The monoisotopic (exact) mass is 277 g/mol. The van der Waals surface area contributed by atoms with Gasteiger partial charge in [0.15, 0.2) is 6.61 Å². The molecule has 0 bridgehead atoms. The van der Waals surface area contributed by atoms with Gasteiger partial charge in [0.1, 0.15) is 0 Å². The summed E-state index contributed by atoms with van der Waals surface area (Å²) < 4.78 is 41.4. The highest BCUT2D eigenvalue weighted by Gasteiger charge is 2.29. The highest BCUT2D eigenvalue weighted by molar-refractivity contribution is 5.67. The fourth-order valence-corrected chi connectivity index (χ4v) is 2.00. The highest BCUT2D eigenvalue weighted by atomic mass is 19.4. The van der Waals surface area contributed by atoms with Gasteiger partial charge in [-0.3, -0.25) is 4.68 Å². The van der Waals surface area contributed by atoms with Crippen molar-refractivity contribution in [2.24, 2.45) is 0 Å². The molecule has 1 aliphatic rings. The number of carbonyl (C=O) groups is 1. The number of nitrogens with one attached hydrogen (secondary N) is 1. The molecule has 1 aliphatic heterocycles. The molecule has 8 heteroatoms. The van der Waals surface area contributed by atoms with Crippen molar-refractivity contribution in [3.8, 4) is 0 Å². The second kappa shape index (κ2) is 5.50. The number of fused-ring (bicyclic) bond motifs is 1. The van der Waals surface area contributed by atoms with Gasteiger partial charge >= 0.3 is 12.3 Å². The largest absolute Gasteiger partial charge is 0.440 e. The molecule has 0 spiro atoms. The smallest absolute Gasteiger partial charge is 0.422 e. The van der Waals surface area contributed by atoms with E-state index >= 15 is 0 Å². The van der Waals surface area contributed by atoms with Gasteiger partial charge in [-0.1, -0.05) is 0 Å². The molecule has 0 saturated heterocycles. The summed E-state index contributed by atoms with van der Waals surface area (Å²) in [5, 5.41) is 6.46. The number of carbonyl (C=O) groups excluding carboxylic acids is 1. The molecular weight excluding hydrogens is 263 g/mol. The molecule has 0 aromatic carbocycles. The maximum absolute atomic E-state index is 11.8. The molecule has 1 aromatic rings. The Bertz CT molecular complexity index is 457. The summed E-state index contributed by atoms with van der Waals surface area (Å²) >= 11 is 0. The predicted molar refractivity (Wildman–Crippen MR) is 59.4 cm³/mol. The van der Waals surface area contributed by atoms with Gasteiger partial charge < -0.3 is 10.1 Å². The fourth-order valence-electron chi connectivity index (χ4n) is 2.00. The standard InChI is InChI=1S/C11H14F3N3O2/c12-11(13,14)7-19-10(18)15-5-8-6-16-17-4-2-1-3-9(8)17/h6H,1-5,7H2,(H,15,18). The summed E-state index contributed by atoms with van der Waals surface area (Å²) in [6.07, 6.45) is -0.965. The number of ether oxygens (including phenoxy) is 1. The molecule has 106 valence electrons. The zero-order valence-electron chi connectivity index (χ0n) is 10.2. The van der Waals surface area contributed by atoms with Crippen LogP contribution in [0, 0.1) is 0 Å². The van der Waals surface area contributed by atoms with E-state index in [1.165, 1.54) is 0 Å². The van der Waals surface area contributed by atoms with E-state index in [0.717, 1.165) is 37.1 Å². The molecule has 19 heavy (non-hydrogen) atoms. The molecule has 2 heterocycles. The average Bonchev–Trinajstić information content (AvgIpc) is 2.76. The molecule has 2 rings (SSSR count). The van der Waals surface area contributed by atoms with Crippen molar-refractivity contribution in [1.29, 1.82) is 0 Å². The van der Waals surface area contributed by atoms with Gasteiger partial charge in [-0.05, 0) is 19.3 Å². The van der Waals surface area contributed by atoms with Crippen molar-refractivity contribution in [1.82, 2.24) is 15.1 Å². The minimum Gasteiger partial charge on any atom is -0.440 e. The molecule has 0 radical (unpaired) electrons. The zero-order valence-corrected chi connectivity index (χ0v) is 10.2. The topological polar surface area (TPSA) is 56.2 Å². The Morgan fingerprint density at radius 3 is 3.00 bits per heavy atom.